The van der Waals surface area contributed by atoms with Gasteiger partial charge in [-0.2, -0.15) is 16.8 Å². The predicted octanol–water partition coefficient (Wildman–Crippen LogP) is 3.30. The summed E-state index contributed by atoms with van der Waals surface area (Å²) in [4.78, 5) is 22.9. The summed E-state index contributed by atoms with van der Waals surface area (Å²) in [6.07, 6.45) is 0. The molecule has 12 nitrogen and oxygen atoms in total. The van der Waals surface area contributed by atoms with E-state index < -0.39 is 64.3 Å². The Morgan fingerprint density at radius 2 is 1.53 bits per heavy atom. The second-order valence-corrected chi connectivity index (χ2v) is 11.4. The van der Waals surface area contributed by atoms with Crippen molar-refractivity contribution < 1.29 is 45.1 Å². The number of anilines is 1. The van der Waals surface area contributed by atoms with Crippen molar-refractivity contribution in [3.05, 3.63) is 58.9 Å². The summed E-state index contributed by atoms with van der Waals surface area (Å²) in [6, 6.07) is 8.43. The molecule has 0 atom stereocenters. The zero-order valence-corrected chi connectivity index (χ0v) is 21.3. The third kappa shape index (κ3) is 4.43. The van der Waals surface area contributed by atoms with Gasteiger partial charge in [-0.3, -0.25) is 19.3 Å². The monoisotopic (exact) mass is 560 g/mol. The van der Waals surface area contributed by atoms with Gasteiger partial charge >= 0.3 is 5.97 Å². The van der Waals surface area contributed by atoms with Crippen LogP contribution in [0.3, 0.4) is 0 Å². The van der Waals surface area contributed by atoms with Crippen LogP contribution in [-0.2, 0) is 20.2 Å². The maximum absolute atomic E-state index is 12.5. The van der Waals surface area contributed by atoms with E-state index in [0.717, 1.165) is 18.2 Å². The molecule has 1 aliphatic carbocycles. The highest BCUT2D eigenvalue weighted by Crippen LogP contribution is 2.45. The molecule has 0 spiro atoms. The molecular weight excluding hydrogens is 540 g/mol. The van der Waals surface area contributed by atoms with Gasteiger partial charge in [-0.1, -0.05) is 26.0 Å². The van der Waals surface area contributed by atoms with Gasteiger partial charge in [0.05, 0.1) is 16.6 Å². The number of carbonyl (C=O) groups excluding carboxylic acids is 1. The summed E-state index contributed by atoms with van der Waals surface area (Å²) < 4.78 is 74.2. The van der Waals surface area contributed by atoms with Crippen molar-refractivity contribution in [2.45, 2.75) is 23.6 Å². The Kier molecular flexibility index (Phi) is 6.40. The van der Waals surface area contributed by atoms with Gasteiger partial charge in [0.25, 0.3) is 20.2 Å². The topological polar surface area (TPSA) is 226 Å². The highest BCUT2D eigenvalue weighted by Gasteiger charge is 2.32. The van der Waals surface area contributed by atoms with E-state index >= 15 is 0 Å². The van der Waals surface area contributed by atoms with Crippen LogP contribution in [0.25, 0.3) is 33.4 Å². The summed E-state index contributed by atoms with van der Waals surface area (Å²) in [5.41, 5.74) is 4.10. The number of nitrogens with one attached hydrogen (secondary N) is 1. The smallest absolute Gasteiger partial charge is 0.336 e. The molecule has 0 bridgehead atoms. The van der Waals surface area contributed by atoms with Gasteiger partial charge in [0.1, 0.15) is 0 Å². The molecule has 38 heavy (non-hydrogen) atoms. The molecule has 1 aliphatic heterocycles. The van der Waals surface area contributed by atoms with Crippen molar-refractivity contribution in [1.29, 1.82) is 5.41 Å². The molecule has 6 N–H and O–H groups in total. The number of carbonyl (C=O) groups is 2. The van der Waals surface area contributed by atoms with E-state index in [1.54, 1.807) is 13.8 Å². The third-order valence-electron chi connectivity index (χ3n) is 5.84. The minimum atomic E-state index is -5.13. The predicted molar refractivity (Wildman–Crippen MR) is 134 cm³/mol. The molecule has 2 aromatic rings. The molecule has 0 fully saturated rings. The van der Waals surface area contributed by atoms with Crippen molar-refractivity contribution in [1.82, 2.24) is 0 Å². The molecule has 0 aromatic heterocycles. The van der Waals surface area contributed by atoms with E-state index in [0.29, 0.717) is 0 Å². The van der Waals surface area contributed by atoms with Crippen LogP contribution < -0.4 is 11.1 Å². The number of ketones is 1. The Labute approximate surface area is 215 Å². The highest BCUT2D eigenvalue weighted by atomic mass is 32.2. The number of benzene rings is 3. The minimum Gasteiger partial charge on any atom is -0.478 e. The first-order valence-electron chi connectivity index (χ1n) is 10.8. The lowest BCUT2D eigenvalue weighted by molar-refractivity contribution is 0.0697. The zero-order chi connectivity index (χ0) is 28.3. The fourth-order valence-electron chi connectivity index (χ4n) is 4.22. The Hall–Kier alpha value is -4.11. The number of aromatic carboxylic acids is 1. The maximum atomic E-state index is 12.5. The molecule has 2 aromatic carbocycles. The summed E-state index contributed by atoms with van der Waals surface area (Å²) in [5, 5.41) is 17.2. The van der Waals surface area contributed by atoms with Gasteiger partial charge < -0.3 is 15.3 Å². The minimum absolute atomic E-state index is 0.0722. The van der Waals surface area contributed by atoms with Gasteiger partial charge in [-0.05, 0) is 35.9 Å². The Morgan fingerprint density at radius 3 is 2.08 bits per heavy atom. The number of carboxylic acid groups (broad SMARTS) is 1. The number of hydrogen-bond donors (Lipinski definition) is 5. The largest absolute Gasteiger partial charge is 0.478 e. The Balaban J connectivity index is 2.32. The number of hydrogen-bond acceptors (Lipinski definition) is 9. The normalized spacial score (nSPS) is 12.3. The fourth-order valence-corrected chi connectivity index (χ4v) is 5.71. The second-order valence-electron chi connectivity index (χ2n) is 8.69. The number of carboxylic acids is 1. The highest BCUT2D eigenvalue weighted by molar-refractivity contribution is 7.86. The SMILES string of the molecule is CC(C)C(=O)c1ccc(-c2c3ccc(=N)c(S(=O)(=O)O)c-3oc3c(S(=O)(=O)O)c(N)ccc23)c(C(=O)O)c1. The van der Waals surface area contributed by atoms with Crippen molar-refractivity contribution >= 4 is 48.6 Å². The van der Waals surface area contributed by atoms with Crippen LogP contribution >= 0.6 is 0 Å². The summed E-state index contributed by atoms with van der Waals surface area (Å²) >= 11 is 0. The Morgan fingerprint density at radius 1 is 0.921 bits per heavy atom. The molecule has 198 valence electrons. The molecule has 0 amide bonds. The average molecular weight is 561 g/mol. The lowest BCUT2D eigenvalue weighted by atomic mass is 9.88. The first-order valence-corrected chi connectivity index (χ1v) is 13.7. The average Bonchev–Trinajstić information content (AvgIpc) is 2.79. The van der Waals surface area contributed by atoms with Crippen molar-refractivity contribution in [2.24, 2.45) is 5.92 Å². The lowest BCUT2D eigenvalue weighted by Crippen LogP contribution is -2.16. The number of rotatable bonds is 6. The van der Waals surface area contributed by atoms with Gasteiger partial charge in [-0.15, -0.1) is 0 Å². The quantitative estimate of drug-likeness (QED) is 0.0994. The van der Waals surface area contributed by atoms with E-state index in [2.05, 4.69) is 0 Å². The van der Waals surface area contributed by atoms with Crippen molar-refractivity contribution in [3.8, 4) is 22.5 Å². The van der Waals surface area contributed by atoms with Gasteiger partial charge in [0, 0.05) is 28.0 Å². The lowest BCUT2D eigenvalue weighted by Gasteiger charge is -2.20. The Bertz CT molecular complexity index is 1920. The zero-order valence-electron chi connectivity index (χ0n) is 19.7. The molecule has 14 heteroatoms. The maximum Gasteiger partial charge on any atom is 0.336 e. The van der Waals surface area contributed by atoms with Crippen LogP contribution in [0.1, 0.15) is 34.6 Å². The second kappa shape index (κ2) is 9.02. The van der Waals surface area contributed by atoms with E-state index in [1.165, 1.54) is 24.3 Å². The van der Waals surface area contributed by atoms with E-state index in [-0.39, 0.29) is 39.0 Å². The van der Waals surface area contributed by atoms with Gasteiger partial charge in [0.15, 0.2) is 26.9 Å². The number of nitrogens with two attached hydrogens (primary N) is 1. The molecule has 4 rings (SSSR count). The molecule has 0 saturated carbocycles. The molecule has 0 radical (unpaired) electrons. The number of Topliss-reactive ketones (excluding diaryl/α,β-unsaturated/α-hetero) is 1. The van der Waals surface area contributed by atoms with Crippen molar-refractivity contribution in [3.63, 3.8) is 0 Å². The third-order valence-corrected chi connectivity index (χ3v) is 7.70. The van der Waals surface area contributed by atoms with E-state index in [1.807, 2.05) is 0 Å². The van der Waals surface area contributed by atoms with E-state index in [4.69, 9.17) is 15.6 Å². The molecule has 2 aliphatic rings. The number of fused-ring (bicyclic) bond motifs is 2. The van der Waals surface area contributed by atoms with Gasteiger partial charge in [-0.25, -0.2) is 4.79 Å². The van der Waals surface area contributed by atoms with Crippen LogP contribution in [0.2, 0.25) is 0 Å². The van der Waals surface area contributed by atoms with Crippen LogP contribution in [0, 0.1) is 11.3 Å². The standard InChI is InChI=1S/C24H20N2O10S2/c1-10(2)19(27)11-3-4-12(15(9-11)24(28)29)18-13-5-7-16(25)22(37(30,31)32)20(13)36-21-14(18)6-8-17(26)23(21)38(33,34)35/h3-10,25H,26H2,1-2H3,(H,28,29)(H,30,31,32)(H,33,34,35). The van der Waals surface area contributed by atoms with Crippen LogP contribution in [-0.4, -0.2) is 42.8 Å². The van der Waals surface area contributed by atoms with Gasteiger partial charge in [0.2, 0.25) is 0 Å². The first kappa shape index (κ1) is 26.9. The molecular formula is C24H20N2O10S2. The fraction of sp³-hybridized carbons (Fsp3) is 0.125. The van der Waals surface area contributed by atoms with Crippen LogP contribution in [0.15, 0.2) is 56.7 Å². The molecule has 0 saturated heterocycles. The molecule has 0 unspecified atom stereocenters. The summed E-state index contributed by atoms with van der Waals surface area (Å²) in [5.74, 6) is -2.94. The van der Waals surface area contributed by atoms with Crippen molar-refractivity contribution in [2.75, 3.05) is 5.73 Å². The summed E-state index contributed by atoms with van der Waals surface area (Å²) in [7, 11) is -10.2. The van der Waals surface area contributed by atoms with Crippen LogP contribution in [0.4, 0.5) is 5.69 Å². The number of nitrogen functional groups attached to an aromatic ring is 1. The molecule has 1 heterocycles. The first-order chi connectivity index (χ1) is 17.5. The summed E-state index contributed by atoms with van der Waals surface area (Å²) in [6.45, 7) is 3.26. The van der Waals surface area contributed by atoms with E-state index in [9.17, 15) is 40.6 Å². The van der Waals surface area contributed by atoms with Crippen LogP contribution in [0.5, 0.6) is 0 Å².